The second-order valence-electron chi connectivity index (χ2n) is 5.49. The molecule has 1 amide bonds. The van der Waals surface area contributed by atoms with Crippen LogP contribution in [0.4, 0.5) is 0 Å². The van der Waals surface area contributed by atoms with Crippen molar-refractivity contribution in [2.75, 3.05) is 6.54 Å². The Hall–Kier alpha value is -2.57. The number of hydrogen-bond donors (Lipinski definition) is 0. The molecule has 114 valence electrons. The fraction of sp³-hybridized carbons (Fsp3) is 0.158. The minimum Gasteiger partial charge on any atom is -0.334 e. The van der Waals surface area contributed by atoms with Crippen LogP contribution in [0.3, 0.4) is 0 Å². The quantitative estimate of drug-likeness (QED) is 0.789. The number of amides is 1. The predicted molar refractivity (Wildman–Crippen MR) is 90.8 cm³/mol. The van der Waals surface area contributed by atoms with Gasteiger partial charge in [0.05, 0.1) is 11.6 Å². The molecule has 0 bridgehead atoms. The normalized spacial score (nSPS) is 13.7. The van der Waals surface area contributed by atoms with Crippen molar-refractivity contribution in [1.29, 1.82) is 5.26 Å². The minimum atomic E-state index is -0.0204. The number of nitriles is 1. The molecule has 0 saturated carbocycles. The summed E-state index contributed by atoms with van der Waals surface area (Å²) >= 11 is 6.00. The Morgan fingerprint density at radius 2 is 2.09 bits per heavy atom. The molecular formula is C19H15ClN2O. The molecule has 0 radical (unpaired) electrons. The molecule has 0 unspecified atom stereocenters. The highest BCUT2D eigenvalue weighted by molar-refractivity contribution is 6.30. The Morgan fingerprint density at radius 1 is 1.22 bits per heavy atom. The molecule has 3 rings (SSSR count). The largest absolute Gasteiger partial charge is 0.334 e. The van der Waals surface area contributed by atoms with Crippen molar-refractivity contribution in [2.45, 2.75) is 13.0 Å². The standard InChI is InChI=1S/C19H15ClN2O/c20-18-6-5-17-13-22(9-8-16(17)11-18)19(23)7-4-14-2-1-3-15(10-14)12-21/h1-7,10-11H,8-9,13H2/b7-4+. The van der Waals surface area contributed by atoms with Crippen molar-refractivity contribution in [3.8, 4) is 6.07 Å². The summed E-state index contributed by atoms with van der Waals surface area (Å²) in [5.41, 5.74) is 3.80. The molecule has 4 heteroatoms. The zero-order valence-corrected chi connectivity index (χ0v) is 13.3. The van der Waals surface area contributed by atoms with Gasteiger partial charge in [-0.3, -0.25) is 4.79 Å². The third-order valence-electron chi connectivity index (χ3n) is 3.93. The molecule has 3 nitrogen and oxygen atoms in total. The van der Waals surface area contributed by atoms with Crippen molar-refractivity contribution < 1.29 is 4.79 Å². The predicted octanol–water partition coefficient (Wildman–Crippen LogP) is 3.81. The van der Waals surface area contributed by atoms with Crippen LogP contribution in [0.1, 0.15) is 22.3 Å². The third kappa shape index (κ3) is 3.61. The van der Waals surface area contributed by atoms with E-state index in [1.807, 2.05) is 35.2 Å². The van der Waals surface area contributed by atoms with Crippen LogP contribution in [0, 0.1) is 11.3 Å². The van der Waals surface area contributed by atoms with Gasteiger partial charge in [0, 0.05) is 24.2 Å². The van der Waals surface area contributed by atoms with E-state index < -0.39 is 0 Å². The maximum Gasteiger partial charge on any atom is 0.246 e. The maximum atomic E-state index is 12.4. The van der Waals surface area contributed by atoms with Gasteiger partial charge in [-0.05, 0) is 53.5 Å². The summed E-state index contributed by atoms with van der Waals surface area (Å²) in [5.74, 6) is -0.0204. The number of benzene rings is 2. The van der Waals surface area contributed by atoms with Crippen LogP contribution in [0.2, 0.25) is 5.02 Å². The lowest BCUT2D eigenvalue weighted by atomic mass is 10.00. The van der Waals surface area contributed by atoms with E-state index in [1.165, 1.54) is 5.56 Å². The number of carbonyl (C=O) groups excluding carboxylic acids is 1. The van der Waals surface area contributed by atoms with Gasteiger partial charge < -0.3 is 4.90 Å². The Bertz CT molecular complexity index is 820. The lowest BCUT2D eigenvalue weighted by Gasteiger charge is -2.28. The topological polar surface area (TPSA) is 44.1 Å². The van der Waals surface area contributed by atoms with Crippen LogP contribution in [-0.4, -0.2) is 17.4 Å². The second-order valence-corrected chi connectivity index (χ2v) is 5.93. The molecule has 1 heterocycles. The molecule has 0 spiro atoms. The van der Waals surface area contributed by atoms with E-state index in [0.717, 1.165) is 22.6 Å². The van der Waals surface area contributed by atoms with Gasteiger partial charge in [-0.15, -0.1) is 0 Å². The highest BCUT2D eigenvalue weighted by Gasteiger charge is 2.19. The number of nitrogens with zero attached hydrogens (tertiary/aromatic N) is 2. The molecule has 23 heavy (non-hydrogen) atoms. The Labute approximate surface area is 140 Å². The van der Waals surface area contributed by atoms with Gasteiger partial charge in [-0.1, -0.05) is 29.8 Å². The smallest absolute Gasteiger partial charge is 0.246 e. The molecule has 2 aromatic carbocycles. The Kier molecular flexibility index (Phi) is 4.45. The Balaban J connectivity index is 1.70. The molecule has 0 atom stereocenters. The van der Waals surface area contributed by atoms with E-state index in [9.17, 15) is 4.79 Å². The van der Waals surface area contributed by atoms with Crippen LogP contribution < -0.4 is 0 Å². The first-order valence-electron chi connectivity index (χ1n) is 7.40. The van der Waals surface area contributed by atoms with Crippen molar-refractivity contribution in [3.63, 3.8) is 0 Å². The third-order valence-corrected chi connectivity index (χ3v) is 4.16. The summed E-state index contributed by atoms with van der Waals surface area (Å²) in [4.78, 5) is 14.2. The highest BCUT2D eigenvalue weighted by Crippen LogP contribution is 2.22. The monoisotopic (exact) mass is 322 g/mol. The van der Waals surface area contributed by atoms with Crippen molar-refractivity contribution >= 4 is 23.6 Å². The summed E-state index contributed by atoms with van der Waals surface area (Å²) in [6.45, 7) is 1.29. The van der Waals surface area contributed by atoms with Gasteiger partial charge in [-0.2, -0.15) is 5.26 Å². The Morgan fingerprint density at radius 3 is 2.91 bits per heavy atom. The average Bonchev–Trinajstić information content (AvgIpc) is 2.59. The number of hydrogen-bond acceptors (Lipinski definition) is 2. The fourth-order valence-corrected chi connectivity index (χ4v) is 2.89. The van der Waals surface area contributed by atoms with Crippen molar-refractivity contribution in [2.24, 2.45) is 0 Å². The molecule has 1 aliphatic rings. The summed E-state index contributed by atoms with van der Waals surface area (Å²) in [5, 5.41) is 9.63. The van der Waals surface area contributed by atoms with Crippen LogP contribution in [0.5, 0.6) is 0 Å². The van der Waals surface area contributed by atoms with Gasteiger partial charge in [0.15, 0.2) is 0 Å². The molecule has 0 N–H and O–H groups in total. The van der Waals surface area contributed by atoms with E-state index in [-0.39, 0.29) is 5.91 Å². The lowest BCUT2D eigenvalue weighted by molar-refractivity contribution is -0.126. The molecular weight excluding hydrogens is 308 g/mol. The maximum absolute atomic E-state index is 12.4. The molecule has 0 aromatic heterocycles. The first-order chi connectivity index (χ1) is 11.2. The first-order valence-corrected chi connectivity index (χ1v) is 7.78. The zero-order chi connectivity index (χ0) is 16.2. The van der Waals surface area contributed by atoms with E-state index in [0.29, 0.717) is 18.7 Å². The highest BCUT2D eigenvalue weighted by atomic mass is 35.5. The molecule has 1 aliphatic heterocycles. The summed E-state index contributed by atoms with van der Waals surface area (Å²) in [7, 11) is 0. The van der Waals surface area contributed by atoms with Gasteiger partial charge in [-0.25, -0.2) is 0 Å². The van der Waals surface area contributed by atoms with E-state index in [4.69, 9.17) is 16.9 Å². The molecule has 0 aliphatic carbocycles. The van der Waals surface area contributed by atoms with Gasteiger partial charge in [0.2, 0.25) is 5.91 Å². The SMILES string of the molecule is N#Cc1cccc(/C=C/C(=O)N2CCc3cc(Cl)ccc3C2)c1. The number of halogens is 1. The van der Waals surface area contributed by atoms with Gasteiger partial charge in [0.1, 0.15) is 0 Å². The van der Waals surface area contributed by atoms with Crippen molar-refractivity contribution in [3.05, 3.63) is 75.8 Å². The van der Waals surface area contributed by atoms with Gasteiger partial charge in [0.25, 0.3) is 0 Å². The van der Waals surface area contributed by atoms with E-state index in [1.54, 1.807) is 24.3 Å². The molecule has 2 aromatic rings. The lowest BCUT2D eigenvalue weighted by Crippen LogP contribution is -2.34. The van der Waals surface area contributed by atoms with Crippen LogP contribution in [-0.2, 0) is 17.8 Å². The molecule has 0 fully saturated rings. The minimum absolute atomic E-state index is 0.0204. The van der Waals surface area contributed by atoms with Gasteiger partial charge >= 0.3 is 0 Å². The summed E-state index contributed by atoms with van der Waals surface area (Å²) in [6.07, 6.45) is 4.14. The number of fused-ring (bicyclic) bond motifs is 1. The summed E-state index contributed by atoms with van der Waals surface area (Å²) in [6, 6.07) is 15.1. The summed E-state index contributed by atoms with van der Waals surface area (Å²) < 4.78 is 0. The van der Waals surface area contributed by atoms with Crippen molar-refractivity contribution in [1.82, 2.24) is 4.90 Å². The fourth-order valence-electron chi connectivity index (χ4n) is 2.69. The van der Waals surface area contributed by atoms with Crippen LogP contribution in [0.25, 0.3) is 6.08 Å². The van der Waals surface area contributed by atoms with Crippen LogP contribution in [0.15, 0.2) is 48.5 Å². The van der Waals surface area contributed by atoms with E-state index in [2.05, 4.69) is 6.07 Å². The average molecular weight is 323 g/mol. The number of rotatable bonds is 2. The molecule has 0 saturated heterocycles. The number of carbonyl (C=O) groups is 1. The first kappa shape index (κ1) is 15.3. The zero-order valence-electron chi connectivity index (χ0n) is 12.5. The van der Waals surface area contributed by atoms with E-state index >= 15 is 0 Å². The second kappa shape index (κ2) is 6.68. The van der Waals surface area contributed by atoms with Crippen LogP contribution >= 0.6 is 11.6 Å².